The topological polar surface area (TPSA) is 77.9 Å². The number of aliphatic imine (C=N–C) groups is 1. The lowest BCUT2D eigenvalue weighted by atomic mass is 10.3. The maximum Gasteiger partial charge on any atom is 0.225 e. The summed E-state index contributed by atoms with van der Waals surface area (Å²) in [6.45, 7) is 8.18. The maximum atomic E-state index is 13.7. The van der Waals surface area contributed by atoms with E-state index in [1.54, 1.807) is 37.6 Å². The van der Waals surface area contributed by atoms with Gasteiger partial charge < -0.3 is 20.3 Å². The van der Waals surface area contributed by atoms with Crippen molar-refractivity contribution < 1.29 is 9.13 Å². The van der Waals surface area contributed by atoms with Gasteiger partial charge in [-0.15, -0.1) is 24.0 Å². The van der Waals surface area contributed by atoms with Gasteiger partial charge in [-0.3, -0.25) is 9.89 Å². The monoisotopic (exact) mass is 557 g/mol. The van der Waals surface area contributed by atoms with Gasteiger partial charge in [0.2, 0.25) is 5.95 Å². The third-order valence-electron chi connectivity index (χ3n) is 5.10. The molecule has 176 valence electrons. The minimum atomic E-state index is -0.353. The summed E-state index contributed by atoms with van der Waals surface area (Å²) >= 11 is 0. The van der Waals surface area contributed by atoms with Crippen LogP contribution >= 0.6 is 24.0 Å². The van der Waals surface area contributed by atoms with Gasteiger partial charge in [0.25, 0.3) is 0 Å². The molecule has 0 amide bonds. The Labute approximate surface area is 206 Å². The third kappa shape index (κ3) is 8.38. The highest BCUT2D eigenvalue weighted by Gasteiger charge is 2.18. The molecule has 2 aromatic rings. The molecule has 1 unspecified atom stereocenters. The van der Waals surface area contributed by atoms with E-state index in [0.29, 0.717) is 6.54 Å². The Bertz CT molecular complexity index is 819. The van der Waals surface area contributed by atoms with E-state index in [2.05, 4.69) is 35.4 Å². The molecule has 3 rings (SSSR count). The third-order valence-corrected chi connectivity index (χ3v) is 5.10. The molecule has 0 bridgehead atoms. The molecule has 32 heavy (non-hydrogen) atoms. The van der Waals surface area contributed by atoms with Crippen molar-refractivity contribution in [2.75, 3.05) is 57.8 Å². The van der Waals surface area contributed by atoms with Gasteiger partial charge in [0.1, 0.15) is 6.10 Å². The van der Waals surface area contributed by atoms with Crippen LogP contribution in [0.2, 0.25) is 0 Å². The van der Waals surface area contributed by atoms with Crippen LogP contribution in [0.25, 0.3) is 0 Å². The van der Waals surface area contributed by atoms with E-state index >= 15 is 0 Å². The number of anilines is 1. The summed E-state index contributed by atoms with van der Waals surface area (Å²) in [5, 5.41) is 6.55. The highest BCUT2D eigenvalue weighted by molar-refractivity contribution is 14.0. The molecule has 2 heterocycles. The SMILES string of the molecule is CN=C(NCCCN1CCN(c2ncccn2)CC1)NCC(C)Oc1ccccc1F.I. The average molecular weight is 557 g/mol. The summed E-state index contributed by atoms with van der Waals surface area (Å²) in [6.07, 6.45) is 4.40. The lowest BCUT2D eigenvalue weighted by Gasteiger charge is -2.34. The lowest BCUT2D eigenvalue weighted by Crippen LogP contribution is -2.48. The largest absolute Gasteiger partial charge is 0.486 e. The van der Waals surface area contributed by atoms with Gasteiger partial charge in [0, 0.05) is 52.2 Å². The van der Waals surface area contributed by atoms with E-state index in [-0.39, 0.29) is 41.6 Å². The molecular formula is C22H33FIN7O. The minimum Gasteiger partial charge on any atom is -0.486 e. The number of halogens is 2. The lowest BCUT2D eigenvalue weighted by molar-refractivity contribution is 0.214. The number of aromatic nitrogens is 2. The van der Waals surface area contributed by atoms with E-state index < -0.39 is 0 Å². The summed E-state index contributed by atoms with van der Waals surface area (Å²) in [6, 6.07) is 8.27. The molecule has 8 nitrogen and oxygen atoms in total. The highest BCUT2D eigenvalue weighted by atomic mass is 127. The second-order valence-electron chi connectivity index (χ2n) is 7.47. The Hall–Kier alpha value is -2.21. The van der Waals surface area contributed by atoms with Gasteiger partial charge in [0.05, 0.1) is 6.54 Å². The van der Waals surface area contributed by atoms with Crippen LogP contribution in [-0.2, 0) is 0 Å². The summed E-state index contributed by atoms with van der Waals surface area (Å²) in [7, 11) is 1.74. The predicted octanol–water partition coefficient (Wildman–Crippen LogP) is 2.38. The Kier molecular flexibility index (Phi) is 11.4. The van der Waals surface area contributed by atoms with Crippen molar-refractivity contribution in [1.82, 2.24) is 25.5 Å². The molecule has 1 aromatic heterocycles. The van der Waals surface area contributed by atoms with Crippen molar-refractivity contribution in [3.63, 3.8) is 0 Å². The molecular weight excluding hydrogens is 524 g/mol. The van der Waals surface area contributed by atoms with E-state index in [1.807, 2.05) is 13.0 Å². The highest BCUT2D eigenvalue weighted by Crippen LogP contribution is 2.16. The van der Waals surface area contributed by atoms with Gasteiger partial charge in [0.15, 0.2) is 17.5 Å². The van der Waals surface area contributed by atoms with E-state index in [4.69, 9.17) is 4.74 Å². The molecule has 0 aliphatic carbocycles. The van der Waals surface area contributed by atoms with E-state index in [9.17, 15) is 4.39 Å². The fourth-order valence-electron chi connectivity index (χ4n) is 3.40. The number of benzene rings is 1. The van der Waals surface area contributed by atoms with Crippen molar-refractivity contribution in [2.24, 2.45) is 4.99 Å². The quantitative estimate of drug-likeness (QED) is 0.212. The van der Waals surface area contributed by atoms with Crippen LogP contribution in [0.15, 0.2) is 47.7 Å². The second kappa shape index (κ2) is 14.0. The molecule has 1 aliphatic rings. The first-order chi connectivity index (χ1) is 15.2. The van der Waals surface area contributed by atoms with Crippen LogP contribution in [0.3, 0.4) is 0 Å². The van der Waals surface area contributed by atoms with Crippen molar-refractivity contribution in [1.29, 1.82) is 0 Å². The second-order valence-corrected chi connectivity index (χ2v) is 7.47. The molecule has 1 saturated heterocycles. The number of nitrogens with zero attached hydrogens (tertiary/aromatic N) is 5. The molecule has 1 aromatic carbocycles. The first-order valence-corrected chi connectivity index (χ1v) is 10.8. The van der Waals surface area contributed by atoms with Crippen LogP contribution in [-0.4, -0.2) is 79.8 Å². The zero-order valence-corrected chi connectivity index (χ0v) is 21.0. The normalized spacial score (nSPS) is 15.6. The molecule has 10 heteroatoms. The van der Waals surface area contributed by atoms with E-state index in [1.165, 1.54) is 6.07 Å². The van der Waals surface area contributed by atoms with Gasteiger partial charge in [-0.25, -0.2) is 14.4 Å². The summed E-state index contributed by atoms with van der Waals surface area (Å²) in [5.41, 5.74) is 0. The van der Waals surface area contributed by atoms with Gasteiger partial charge >= 0.3 is 0 Å². The van der Waals surface area contributed by atoms with Crippen LogP contribution in [0.4, 0.5) is 10.3 Å². The first-order valence-electron chi connectivity index (χ1n) is 10.8. The Morgan fingerprint density at radius 2 is 1.84 bits per heavy atom. The first kappa shape index (κ1) is 26.0. The van der Waals surface area contributed by atoms with Gasteiger partial charge in [-0.2, -0.15) is 0 Å². The Balaban J connectivity index is 0.00000363. The molecule has 1 atom stereocenters. The molecule has 0 radical (unpaired) electrons. The maximum absolute atomic E-state index is 13.7. The number of rotatable bonds is 9. The smallest absolute Gasteiger partial charge is 0.225 e. The zero-order valence-electron chi connectivity index (χ0n) is 18.7. The van der Waals surface area contributed by atoms with Crippen molar-refractivity contribution in [3.05, 3.63) is 48.5 Å². The zero-order chi connectivity index (χ0) is 21.9. The van der Waals surface area contributed by atoms with Crippen molar-refractivity contribution in [2.45, 2.75) is 19.4 Å². The Morgan fingerprint density at radius 1 is 1.12 bits per heavy atom. The molecule has 0 saturated carbocycles. The molecule has 2 N–H and O–H groups in total. The predicted molar refractivity (Wildman–Crippen MR) is 137 cm³/mol. The Morgan fingerprint density at radius 3 is 2.53 bits per heavy atom. The minimum absolute atomic E-state index is 0. The number of hydrogen-bond acceptors (Lipinski definition) is 6. The fourth-order valence-corrected chi connectivity index (χ4v) is 3.40. The van der Waals surface area contributed by atoms with Gasteiger partial charge in [-0.05, 0) is 38.1 Å². The number of hydrogen-bond donors (Lipinski definition) is 2. The standard InChI is InChI=1S/C22H32FN7O.HI/c1-18(31-20-8-4-3-7-19(20)23)17-28-21(24-2)25-11-6-12-29-13-15-30(16-14-29)22-26-9-5-10-27-22;/h3-5,7-10,18H,6,11-17H2,1-2H3,(H2,24,25,28);1H. The fraction of sp³-hybridized carbons (Fsp3) is 0.500. The molecule has 0 spiro atoms. The molecule has 1 fully saturated rings. The summed E-state index contributed by atoms with van der Waals surface area (Å²) < 4.78 is 19.3. The van der Waals surface area contributed by atoms with Crippen molar-refractivity contribution in [3.8, 4) is 5.75 Å². The van der Waals surface area contributed by atoms with Crippen LogP contribution in [0.5, 0.6) is 5.75 Å². The average Bonchev–Trinajstić information content (AvgIpc) is 2.81. The number of piperazine rings is 1. The summed E-state index contributed by atoms with van der Waals surface area (Å²) in [5.74, 6) is 1.44. The van der Waals surface area contributed by atoms with Crippen LogP contribution in [0.1, 0.15) is 13.3 Å². The van der Waals surface area contributed by atoms with Crippen LogP contribution in [0, 0.1) is 5.82 Å². The molecule has 1 aliphatic heterocycles. The summed E-state index contributed by atoms with van der Waals surface area (Å²) in [4.78, 5) is 17.6. The van der Waals surface area contributed by atoms with Gasteiger partial charge in [-0.1, -0.05) is 12.1 Å². The van der Waals surface area contributed by atoms with E-state index in [0.717, 1.165) is 57.6 Å². The number of guanidine groups is 1. The number of nitrogens with one attached hydrogen (secondary N) is 2. The van der Waals surface area contributed by atoms with Crippen LogP contribution < -0.4 is 20.3 Å². The number of para-hydroxylation sites is 1. The van der Waals surface area contributed by atoms with Crippen molar-refractivity contribution >= 4 is 35.9 Å². The number of ether oxygens (including phenoxy) is 1.